The quantitative estimate of drug-likeness (QED) is 0.868. The van der Waals surface area contributed by atoms with Gasteiger partial charge in [-0.25, -0.2) is 4.79 Å². The minimum absolute atomic E-state index is 0.0408. The van der Waals surface area contributed by atoms with Gasteiger partial charge in [0.25, 0.3) is 0 Å². The summed E-state index contributed by atoms with van der Waals surface area (Å²) in [6.45, 7) is 5.31. The van der Waals surface area contributed by atoms with Crippen LogP contribution in [0.5, 0.6) is 0 Å². The molecule has 5 heteroatoms. The van der Waals surface area contributed by atoms with Gasteiger partial charge in [0.1, 0.15) is 5.60 Å². The molecule has 0 aliphatic carbocycles. The average Bonchev–Trinajstić information content (AvgIpc) is 2.33. The largest absolute Gasteiger partial charge is 0.481 e. The molecule has 110 valence electrons. The minimum atomic E-state index is -0.940. The van der Waals surface area contributed by atoms with Gasteiger partial charge in [0.2, 0.25) is 0 Å². The van der Waals surface area contributed by atoms with Crippen molar-refractivity contribution in [3.8, 4) is 0 Å². The van der Waals surface area contributed by atoms with Crippen molar-refractivity contribution in [2.75, 3.05) is 6.54 Å². The predicted molar refractivity (Wildman–Crippen MR) is 75.5 cm³/mol. The van der Waals surface area contributed by atoms with Crippen LogP contribution in [-0.2, 0) is 16.0 Å². The highest BCUT2D eigenvalue weighted by Gasteiger charge is 2.21. The van der Waals surface area contributed by atoms with Crippen molar-refractivity contribution in [3.05, 3.63) is 35.9 Å². The van der Waals surface area contributed by atoms with E-state index in [1.165, 1.54) is 0 Å². The molecule has 1 amide bonds. The Bertz CT molecular complexity index is 451. The van der Waals surface area contributed by atoms with Gasteiger partial charge < -0.3 is 15.2 Å². The van der Waals surface area contributed by atoms with Crippen LogP contribution in [0.1, 0.15) is 26.3 Å². The maximum Gasteiger partial charge on any atom is 0.407 e. The standard InChI is InChI=1S/C15H21NO4/c1-15(2,3)20-14(19)16-10-12(13(17)18)9-11-7-5-4-6-8-11/h4-8,12H,9-10H2,1-3H3,(H,16,19)(H,17,18)/t12-/m1/s1. The molecule has 1 atom stereocenters. The zero-order chi connectivity index (χ0) is 15.2. The molecule has 0 spiro atoms. The maximum absolute atomic E-state index is 11.5. The molecule has 0 unspecified atom stereocenters. The van der Waals surface area contributed by atoms with E-state index >= 15 is 0 Å². The molecule has 0 saturated carbocycles. The molecule has 0 fully saturated rings. The fourth-order valence-electron chi connectivity index (χ4n) is 1.67. The molecule has 0 bridgehead atoms. The molecule has 2 N–H and O–H groups in total. The normalized spacial score (nSPS) is 12.6. The number of hydrogen-bond donors (Lipinski definition) is 2. The Labute approximate surface area is 118 Å². The summed E-state index contributed by atoms with van der Waals surface area (Å²) in [4.78, 5) is 22.7. The molecule has 1 rings (SSSR count). The predicted octanol–water partition coefficient (Wildman–Crippen LogP) is 2.45. The van der Waals surface area contributed by atoms with Gasteiger partial charge in [-0.3, -0.25) is 4.79 Å². The summed E-state index contributed by atoms with van der Waals surface area (Å²) in [6.07, 6.45) is -0.233. The van der Waals surface area contributed by atoms with Crippen molar-refractivity contribution in [2.24, 2.45) is 5.92 Å². The summed E-state index contributed by atoms with van der Waals surface area (Å²) >= 11 is 0. The van der Waals surface area contributed by atoms with Gasteiger partial charge in [0.15, 0.2) is 0 Å². The van der Waals surface area contributed by atoms with E-state index < -0.39 is 23.6 Å². The lowest BCUT2D eigenvalue weighted by molar-refractivity contribution is -0.141. The number of rotatable bonds is 5. The summed E-state index contributed by atoms with van der Waals surface area (Å²) in [5.41, 5.74) is 0.327. The van der Waals surface area contributed by atoms with Crippen LogP contribution in [0.15, 0.2) is 30.3 Å². The number of hydrogen-bond acceptors (Lipinski definition) is 3. The van der Waals surface area contributed by atoms with Crippen LogP contribution < -0.4 is 5.32 Å². The molecule has 1 aromatic rings. The van der Waals surface area contributed by atoms with Gasteiger partial charge in [-0.2, -0.15) is 0 Å². The lowest BCUT2D eigenvalue weighted by Gasteiger charge is -2.20. The molecule has 5 nitrogen and oxygen atoms in total. The molecule has 0 aliphatic rings. The average molecular weight is 279 g/mol. The lowest BCUT2D eigenvalue weighted by atomic mass is 9.99. The molecule has 0 aliphatic heterocycles. The van der Waals surface area contributed by atoms with E-state index in [4.69, 9.17) is 4.74 Å². The second kappa shape index (κ2) is 6.93. The summed E-state index contributed by atoms with van der Waals surface area (Å²) in [5, 5.41) is 11.7. The van der Waals surface area contributed by atoms with E-state index in [2.05, 4.69) is 5.32 Å². The highest BCUT2D eigenvalue weighted by atomic mass is 16.6. The Balaban J connectivity index is 2.52. The summed E-state index contributed by atoms with van der Waals surface area (Å²) < 4.78 is 5.08. The third-order valence-corrected chi connectivity index (χ3v) is 2.57. The number of carbonyl (C=O) groups is 2. The Kier molecular flexibility index (Phi) is 5.55. The van der Waals surface area contributed by atoms with Crippen LogP contribution in [0, 0.1) is 5.92 Å². The first-order valence-electron chi connectivity index (χ1n) is 6.51. The van der Waals surface area contributed by atoms with E-state index in [0.717, 1.165) is 5.56 Å². The number of carbonyl (C=O) groups excluding carboxylic acids is 1. The van der Waals surface area contributed by atoms with E-state index in [9.17, 15) is 14.7 Å². The summed E-state index contributed by atoms with van der Waals surface area (Å²) in [6, 6.07) is 9.32. The zero-order valence-electron chi connectivity index (χ0n) is 12.1. The van der Waals surface area contributed by atoms with Crippen molar-refractivity contribution in [3.63, 3.8) is 0 Å². The molecule has 0 radical (unpaired) electrons. The highest BCUT2D eigenvalue weighted by molar-refractivity contribution is 5.73. The Morgan fingerprint density at radius 1 is 1.25 bits per heavy atom. The van der Waals surface area contributed by atoms with Gasteiger partial charge in [-0.15, -0.1) is 0 Å². The number of nitrogens with one attached hydrogen (secondary N) is 1. The number of benzene rings is 1. The fraction of sp³-hybridized carbons (Fsp3) is 0.467. The molecule has 20 heavy (non-hydrogen) atoms. The zero-order valence-corrected chi connectivity index (χ0v) is 12.1. The highest BCUT2D eigenvalue weighted by Crippen LogP contribution is 2.10. The SMILES string of the molecule is CC(C)(C)OC(=O)NC[C@@H](Cc1ccccc1)C(=O)O. The first-order chi connectivity index (χ1) is 9.28. The topological polar surface area (TPSA) is 75.6 Å². The van der Waals surface area contributed by atoms with Crippen LogP contribution in [0.3, 0.4) is 0 Å². The van der Waals surface area contributed by atoms with Crippen molar-refractivity contribution < 1.29 is 19.4 Å². The molecule has 0 heterocycles. The maximum atomic E-state index is 11.5. The summed E-state index contributed by atoms with van der Waals surface area (Å²) in [5.74, 6) is -1.62. The summed E-state index contributed by atoms with van der Waals surface area (Å²) in [7, 11) is 0. The molecule has 0 aromatic heterocycles. The third-order valence-electron chi connectivity index (χ3n) is 2.57. The number of carboxylic acids is 1. The van der Waals surface area contributed by atoms with E-state index in [1.807, 2.05) is 30.3 Å². The Morgan fingerprint density at radius 3 is 2.35 bits per heavy atom. The number of aliphatic carboxylic acids is 1. The monoisotopic (exact) mass is 279 g/mol. The second-order valence-corrected chi connectivity index (χ2v) is 5.61. The molecule has 0 saturated heterocycles. The van der Waals surface area contributed by atoms with Gasteiger partial charge in [-0.05, 0) is 32.8 Å². The van der Waals surface area contributed by atoms with Crippen LogP contribution in [0.4, 0.5) is 4.79 Å². The molecule has 1 aromatic carbocycles. The fourth-order valence-corrected chi connectivity index (χ4v) is 1.67. The van der Waals surface area contributed by atoms with E-state index in [1.54, 1.807) is 20.8 Å². The molecular weight excluding hydrogens is 258 g/mol. The minimum Gasteiger partial charge on any atom is -0.481 e. The van der Waals surface area contributed by atoms with Gasteiger partial charge in [-0.1, -0.05) is 30.3 Å². The van der Waals surface area contributed by atoms with Crippen LogP contribution >= 0.6 is 0 Å². The van der Waals surface area contributed by atoms with Crippen LogP contribution in [0.2, 0.25) is 0 Å². The first-order valence-corrected chi connectivity index (χ1v) is 6.51. The van der Waals surface area contributed by atoms with Crippen LogP contribution in [-0.4, -0.2) is 29.3 Å². The van der Waals surface area contributed by atoms with Crippen LogP contribution in [0.25, 0.3) is 0 Å². The third kappa shape index (κ3) is 6.22. The van der Waals surface area contributed by atoms with Gasteiger partial charge >= 0.3 is 12.1 Å². The number of alkyl carbamates (subject to hydrolysis) is 1. The van der Waals surface area contributed by atoms with Crippen molar-refractivity contribution in [2.45, 2.75) is 32.8 Å². The molecular formula is C15H21NO4. The lowest BCUT2D eigenvalue weighted by Crippen LogP contribution is -2.37. The van der Waals surface area contributed by atoms with Crippen molar-refractivity contribution in [1.29, 1.82) is 0 Å². The van der Waals surface area contributed by atoms with E-state index in [0.29, 0.717) is 6.42 Å². The second-order valence-electron chi connectivity index (χ2n) is 5.61. The number of amides is 1. The number of carboxylic acid groups (broad SMARTS) is 1. The van der Waals surface area contributed by atoms with E-state index in [-0.39, 0.29) is 6.54 Å². The number of ether oxygens (including phenoxy) is 1. The van der Waals surface area contributed by atoms with Gasteiger partial charge in [0, 0.05) is 6.54 Å². The Morgan fingerprint density at radius 2 is 1.85 bits per heavy atom. The smallest absolute Gasteiger partial charge is 0.407 e. The van der Waals surface area contributed by atoms with Crippen molar-refractivity contribution >= 4 is 12.1 Å². The first kappa shape index (κ1) is 16.0. The Hall–Kier alpha value is -2.04. The van der Waals surface area contributed by atoms with Crippen molar-refractivity contribution in [1.82, 2.24) is 5.32 Å². The van der Waals surface area contributed by atoms with Gasteiger partial charge in [0.05, 0.1) is 5.92 Å².